The van der Waals surface area contributed by atoms with Crippen LogP contribution in [0.15, 0.2) is 42.6 Å². The number of hydrogen-bond acceptors (Lipinski definition) is 4. The first-order valence-corrected chi connectivity index (χ1v) is 5.19. The molecule has 1 heterocycles. The first-order valence-electron chi connectivity index (χ1n) is 5.19. The van der Waals surface area contributed by atoms with Crippen molar-refractivity contribution in [3.8, 4) is 17.4 Å². The maximum Gasteiger partial charge on any atom is 0.219 e. The molecule has 0 aliphatic carbocycles. The minimum atomic E-state index is -0.0308. The van der Waals surface area contributed by atoms with Crippen molar-refractivity contribution in [3.05, 3.63) is 48.2 Å². The highest BCUT2D eigenvalue weighted by Crippen LogP contribution is 2.24. The monoisotopic (exact) mass is 231 g/mol. The average Bonchev–Trinajstić information content (AvgIpc) is 2.39. The molecule has 17 heavy (non-hydrogen) atoms. The fourth-order valence-corrected chi connectivity index (χ4v) is 1.39. The van der Waals surface area contributed by atoms with Gasteiger partial charge in [-0.1, -0.05) is 6.07 Å². The Kier molecular flexibility index (Phi) is 3.57. The van der Waals surface area contributed by atoms with Crippen LogP contribution in [0.3, 0.4) is 0 Å². The number of aromatic nitrogens is 1. The van der Waals surface area contributed by atoms with E-state index in [4.69, 9.17) is 14.6 Å². The van der Waals surface area contributed by atoms with Crippen LogP contribution in [0.5, 0.6) is 17.4 Å². The van der Waals surface area contributed by atoms with Crippen molar-refractivity contribution in [2.75, 3.05) is 7.11 Å². The summed E-state index contributed by atoms with van der Waals surface area (Å²) in [6, 6.07) is 10.7. The summed E-state index contributed by atoms with van der Waals surface area (Å²) in [5, 5.41) is 9.01. The molecular weight excluding hydrogens is 218 g/mol. The first-order chi connectivity index (χ1) is 8.31. The van der Waals surface area contributed by atoms with Crippen molar-refractivity contribution in [3.63, 3.8) is 0 Å². The minimum Gasteiger partial charge on any atom is -0.497 e. The third-order valence-corrected chi connectivity index (χ3v) is 2.25. The van der Waals surface area contributed by atoms with Crippen LogP contribution in [0.25, 0.3) is 0 Å². The van der Waals surface area contributed by atoms with E-state index in [2.05, 4.69) is 4.98 Å². The van der Waals surface area contributed by atoms with Crippen LogP contribution in [0, 0.1) is 0 Å². The maximum atomic E-state index is 9.01. The van der Waals surface area contributed by atoms with E-state index in [9.17, 15) is 0 Å². The van der Waals surface area contributed by atoms with Crippen LogP contribution < -0.4 is 9.47 Å². The molecule has 4 heteroatoms. The molecule has 0 atom stereocenters. The second-order valence-corrected chi connectivity index (χ2v) is 3.44. The molecule has 4 nitrogen and oxygen atoms in total. The normalized spacial score (nSPS) is 10.0. The van der Waals surface area contributed by atoms with Crippen molar-refractivity contribution >= 4 is 0 Å². The predicted octanol–water partition coefficient (Wildman–Crippen LogP) is 2.37. The van der Waals surface area contributed by atoms with Gasteiger partial charge in [0.05, 0.1) is 13.7 Å². The van der Waals surface area contributed by atoms with Crippen LogP contribution in [0.2, 0.25) is 0 Å². The van der Waals surface area contributed by atoms with Crippen molar-refractivity contribution in [1.82, 2.24) is 4.98 Å². The Morgan fingerprint density at radius 2 is 2.00 bits per heavy atom. The highest BCUT2D eigenvalue weighted by atomic mass is 16.5. The van der Waals surface area contributed by atoms with E-state index in [0.29, 0.717) is 11.6 Å². The van der Waals surface area contributed by atoms with Crippen LogP contribution >= 0.6 is 0 Å². The standard InChI is InChI=1S/C13H13NO3/c1-16-11-3-2-4-12(8-11)17-13-7-10(9-15)5-6-14-13/h2-8,15H,9H2,1H3. The summed E-state index contributed by atoms with van der Waals surface area (Å²) in [5.74, 6) is 1.82. The van der Waals surface area contributed by atoms with Crippen LogP contribution in [0.1, 0.15) is 5.56 Å². The lowest BCUT2D eigenvalue weighted by atomic mass is 10.3. The van der Waals surface area contributed by atoms with E-state index >= 15 is 0 Å². The zero-order valence-corrected chi connectivity index (χ0v) is 9.46. The molecule has 0 fully saturated rings. The molecule has 0 amide bonds. The van der Waals surface area contributed by atoms with Gasteiger partial charge >= 0.3 is 0 Å². The molecular formula is C13H13NO3. The maximum absolute atomic E-state index is 9.01. The summed E-state index contributed by atoms with van der Waals surface area (Å²) in [5.41, 5.74) is 0.762. The third-order valence-electron chi connectivity index (χ3n) is 2.25. The molecule has 1 aromatic carbocycles. The van der Waals surface area contributed by atoms with Gasteiger partial charge in [0.2, 0.25) is 5.88 Å². The zero-order valence-electron chi connectivity index (χ0n) is 9.46. The molecule has 0 unspecified atom stereocenters. The zero-order chi connectivity index (χ0) is 12.1. The Balaban J connectivity index is 2.18. The number of benzene rings is 1. The summed E-state index contributed by atoms with van der Waals surface area (Å²) < 4.78 is 10.7. The van der Waals surface area contributed by atoms with Crippen molar-refractivity contribution in [1.29, 1.82) is 0 Å². The summed E-state index contributed by atoms with van der Waals surface area (Å²) >= 11 is 0. The summed E-state index contributed by atoms with van der Waals surface area (Å²) in [7, 11) is 1.60. The van der Waals surface area contributed by atoms with Gasteiger partial charge in [-0.3, -0.25) is 0 Å². The van der Waals surface area contributed by atoms with Crippen molar-refractivity contribution in [2.45, 2.75) is 6.61 Å². The Hall–Kier alpha value is -2.07. The molecule has 2 rings (SSSR count). The first kappa shape index (κ1) is 11.4. The van der Waals surface area contributed by atoms with Crippen LogP contribution in [-0.4, -0.2) is 17.2 Å². The van der Waals surface area contributed by atoms with E-state index in [1.807, 2.05) is 18.2 Å². The smallest absolute Gasteiger partial charge is 0.219 e. The fourth-order valence-electron chi connectivity index (χ4n) is 1.39. The topological polar surface area (TPSA) is 51.6 Å². The summed E-state index contributed by atoms with van der Waals surface area (Å²) in [4.78, 5) is 4.06. The number of rotatable bonds is 4. The van der Waals surface area contributed by atoms with E-state index in [1.54, 1.807) is 31.5 Å². The van der Waals surface area contributed by atoms with Crippen LogP contribution in [-0.2, 0) is 6.61 Å². The SMILES string of the molecule is COc1cccc(Oc2cc(CO)ccn2)c1. The number of methoxy groups -OCH3 is 1. The van der Waals surface area contributed by atoms with Crippen molar-refractivity contribution in [2.24, 2.45) is 0 Å². The molecule has 2 aromatic rings. The number of aliphatic hydroxyl groups is 1. The number of aliphatic hydroxyl groups excluding tert-OH is 1. The van der Waals surface area contributed by atoms with Gasteiger partial charge in [0.25, 0.3) is 0 Å². The highest BCUT2D eigenvalue weighted by Gasteiger charge is 2.01. The molecule has 0 saturated carbocycles. The van der Waals surface area contributed by atoms with E-state index in [1.165, 1.54) is 0 Å². The molecule has 0 spiro atoms. The lowest BCUT2D eigenvalue weighted by molar-refractivity contribution is 0.281. The van der Waals surface area contributed by atoms with Gasteiger partial charge in [-0.15, -0.1) is 0 Å². The lowest BCUT2D eigenvalue weighted by Crippen LogP contribution is -1.91. The summed E-state index contributed by atoms with van der Waals surface area (Å²) in [6.45, 7) is -0.0308. The van der Waals surface area contributed by atoms with Gasteiger partial charge in [-0.05, 0) is 23.8 Å². The molecule has 0 aliphatic heterocycles. The van der Waals surface area contributed by atoms with Gasteiger partial charge in [-0.2, -0.15) is 0 Å². The number of hydrogen-bond donors (Lipinski definition) is 1. The quantitative estimate of drug-likeness (QED) is 0.877. The number of pyridine rings is 1. The molecule has 0 radical (unpaired) electrons. The largest absolute Gasteiger partial charge is 0.497 e. The fraction of sp³-hybridized carbons (Fsp3) is 0.154. The lowest BCUT2D eigenvalue weighted by Gasteiger charge is -2.07. The van der Waals surface area contributed by atoms with E-state index in [-0.39, 0.29) is 6.61 Å². The molecule has 1 N–H and O–H groups in total. The van der Waals surface area contributed by atoms with Gasteiger partial charge < -0.3 is 14.6 Å². The highest BCUT2D eigenvalue weighted by molar-refractivity contribution is 5.35. The Bertz CT molecular complexity index is 454. The third kappa shape index (κ3) is 2.95. The van der Waals surface area contributed by atoms with Gasteiger partial charge in [0.1, 0.15) is 11.5 Å². The average molecular weight is 231 g/mol. The molecule has 1 aromatic heterocycles. The molecule has 0 saturated heterocycles. The Labute approximate surface area is 99.5 Å². The molecule has 88 valence electrons. The summed E-state index contributed by atoms with van der Waals surface area (Å²) in [6.07, 6.45) is 1.60. The Morgan fingerprint density at radius 1 is 1.18 bits per heavy atom. The van der Waals surface area contributed by atoms with Crippen molar-refractivity contribution < 1.29 is 14.6 Å². The molecule has 0 bridgehead atoms. The Morgan fingerprint density at radius 3 is 2.76 bits per heavy atom. The second-order valence-electron chi connectivity index (χ2n) is 3.44. The molecule has 0 aliphatic rings. The van der Waals surface area contributed by atoms with Gasteiger partial charge in [0, 0.05) is 18.3 Å². The minimum absolute atomic E-state index is 0.0308. The number of ether oxygens (including phenoxy) is 2. The van der Waals surface area contributed by atoms with Crippen LogP contribution in [0.4, 0.5) is 0 Å². The number of nitrogens with zero attached hydrogens (tertiary/aromatic N) is 1. The second kappa shape index (κ2) is 5.32. The van der Waals surface area contributed by atoms with E-state index in [0.717, 1.165) is 11.3 Å². The van der Waals surface area contributed by atoms with E-state index < -0.39 is 0 Å². The predicted molar refractivity (Wildman–Crippen MR) is 63.2 cm³/mol. The van der Waals surface area contributed by atoms with Gasteiger partial charge in [-0.25, -0.2) is 4.98 Å². The van der Waals surface area contributed by atoms with Gasteiger partial charge in [0.15, 0.2) is 0 Å².